The third kappa shape index (κ3) is 2.98. The number of hydrogen-bond acceptors (Lipinski definition) is 5. The molecule has 7 heteroatoms. The molecule has 22 heavy (non-hydrogen) atoms. The number of anilines is 1. The quantitative estimate of drug-likeness (QED) is 0.771. The molecule has 0 saturated heterocycles. The van der Waals surface area contributed by atoms with Gasteiger partial charge in [-0.3, -0.25) is 4.79 Å². The summed E-state index contributed by atoms with van der Waals surface area (Å²) >= 11 is 7.45. The third-order valence-corrected chi connectivity index (χ3v) is 4.04. The molecule has 0 atom stereocenters. The van der Waals surface area contributed by atoms with Gasteiger partial charge in [0.2, 0.25) is 0 Å². The van der Waals surface area contributed by atoms with Crippen molar-refractivity contribution < 1.29 is 14.1 Å². The first kappa shape index (κ1) is 14.6. The van der Waals surface area contributed by atoms with Gasteiger partial charge in [0.25, 0.3) is 5.91 Å². The molecule has 5 nitrogen and oxygen atoms in total. The van der Waals surface area contributed by atoms with E-state index >= 15 is 0 Å². The molecule has 1 aromatic carbocycles. The van der Waals surface area contributed by atoms with Crippen molar-refractivity contribution in [3.8, 4) is 16.4 Å². The molecule has 0 saturated carbocycles. The highest BCUT2D eigenvalue weighted by Gasteiger charge is 2.16. The van der Waals surface area contributed by atoms with Gasteiger partial charge in [-0.05, 0) is 29.6 Å². The maximum absolute atomic E-state index is 12.2. The number of rotatable bonds is 4. The van der Waals surface area contributed by atoms with E-state index < -0.39 is 5.91 Å². The normalized spacial score (nSPS) is 10.5. The van der Waals surface area contributed by atoms with Gasteiger partial charge in [-0.15, -0.1) is 11.3 Å². The topological polar surface area (TPSA) is 64.4 Å². The highest BCUT2D eigenvalue weighted by Crippen LogP contribution is 2.29. The lowest BCUT2D eigenvalue weighted by Gasteiger charge is -2.09. The standard InChI is InChI=1S/C15H11ClN2O3S/c1-20-12-5-4-9(16)7-10(12)17-15(19)11-8-13(21-18-11)14-3-2-6-22-14/h2-8H,1H3,(H,17,19). The van der Waals surface area contributed by atoms with Crippen LogP contribution in [-0.4, -0.2) is 18.2 Å². The first-order valence-corrected chi connectivity index (χ1v) is 7.58. The predicted octanol–water partition coefficient (Wildman–Crippen LogP) is 4.32. The average Bonchev–Trinajstić information content (AvgIpc) is 3.18. The summed E-state index contributed by atoms with van der Waals surface area (Å²) in [5.41, 5.74) is 0.658. The number of methoxy groups -OCH3 is 1. The molecule has 0 spiro atoms. The lowest BCUT2D eigenvalue weighted by Crippen LogP contribution is -2.12. The zero-order valence-corrected chi connectivity index (χ0v) is 13.1. The van der Waals surface area contributed by atoms with E-state index in [1.165, 1.54) is 18.4 Å². The first-order valence-electron chi connectivity index (χ1n) is 6.33. The largest absolute Gasteiger partial charge is 0.495 e. The number of aromatic nitrogens is 1. The molecule has 1 N–H and O–H groups in total. The summed E-state index contributed by atoms with van der Waals surface area (Å²) in [5, 5.41) is 8.92. The lowest BCUT2D eigenvalue weighted by atomic mass is 10.2. The van der Waals surface area contributed by atoms with E-state index in [0.29, 0.717) is 22.2 Å². The van der Waals surface area contributed by atoms with Crippen LogP contribution in [0.2, 0.25) is 5.02 Å². The van der Waals surface area contributed by atoms with Crippen molar-refractivity contribution in [2.45, 2.75) is 0 Å². The number of nitrogens with zero attached hydrogens (tertiary/aromatic N) is 1. The Kier molecular flexibility index (Phi) is 4.13. The highest BCUT2D eigenvalue weighted by atomic mass is 35.5. The Hall–Kier alpha value is -2.31. The molecule has 0 bridgehead atoms. The van der Waals surface area contributed by atoms with Crippen molar-refractivity contribution in [2.24, 2.45) is 0 Å². The molecule has 1 amide bonds. The fraction of sp³-hybridized carbons (Fsp3) is 0.0667. The van der Waals surface area contributed by atoms with Crippen molar-refractivity contribution in [1.82, 2.24) is 5.16 Å². The predicted molar refractivity (Wildman–Crippen MR) is 85.8 cm³/mol. The van der Waals surface area contributed by atoms with Gasteiger partial charge in [-0.2, -0.15) is 0 Å². The first-order chi connectivity index (χ1) is 10.7. The molecule has 3 aromatic rings. The molecular formula is C15H11ClN2O3S. The molecule has 0 aliphatic carbocycles. The van der Waals surface area contributed by atoms with Gasteiger partial charge >= 0.3 is 0 Å². The number of amides is 1. The summed E-state index contributed by atoms with van der Waals surface area (Å²) in [7, 11) is 1.52. The molecule has 0 radical (unpaired) electrons. The number of nitrogens with one attached hydrogen (secondary N) is 1. The molecule has 112 valence electrons. The van der Waals surface area contributed by atoms with Crippen molar-refractivity contribution in [3.63, 3.8) is 0 Å². The maximum Gasteiger partial charge on any atom is 0.277 e. The summed E-state index contributed by atoms with van der Waals surface area (Å²) in [4.78, 5) is 13.2. The smallest absolute Gasteiger partial charge is 0.277 e. The number of ether oxygens (including phenoxy) is 1. The molecule has 2 aromatic heterocycles. The van der Waals surface area contributed by atoms with Crippen LogP contribution in [0.25, 0.3) is 10.6 Å². The summed E-state index contributed by atoms with van der Waals surface area (Å²) in [6.45, 7) is 0. The van der Waals surface area contributed by atoms with Gasteiger partial charge in [0.05, 0.1) is 17.7 Å². The van der Waals surface area contributed by atoms with Crippen molar-refractivity contribution in [2.75, 3.05) is 12.4 Å². The number of benzene rings is 1. The molecular weight excluding hydrogens is 324 g/mol. The molecule has 0 aliphatic heterocycles. The van der Waals surface area contributed by atoms with Crippen LogP contribution < -0.4 is 10.1 Å². The Balaban J connectivity index is 1.82. The molecule has 0 fully saturated rings. The van der Waals surface area contributed by atoms with Gasteiger partial charge in [-0.1, -0.05) is 22.8 Å². The lowest BCUT2D eigenvalue weighted by molar-refractivity contribution is 0.101. The molecule has 0 unspecified atom stereocenters. The fourth-order valence-corrected chi connectivity index (χ4v) is 2.73. The fourth-order valence-electron chi connectivity index (χ4n) is 1.88. The van der Waals surface area contributed by atoms with Crippen molar-refractivity contribution >= 4 is 34.5 Å². The second-order valence-electron chi connectivity index (χ2n) is 4.35. The summed E-state index contributed by atoms with van der Waals surface area (Å²) in [5.74, 6) is 0.671. The number of carbonyl (C=O) groups is 1. The molecule has 2 heterocycles. The van der Waals surface area contributed by atoms with E-state index in [1.807, 2.05) is 17.5 Å². The second-order valence-corrected chi connectivity index (χ2v) is 5.74. The van der Waals surface area contributed by atoms with E-state index in [1.54, 1.807) is 24.3 Å². The van der Waals surface area contributed by atoms with Crippen molar-refractivity contribution in [3.05, 3.63) is 52.5 Å². The van der Waals surface area contributed by atoms with E-state index in [9.17, 15) is 4.79 Å². The van der Waals surface area contributed by atoms with Crippen LogP contribution in [0, 0.1) is 0 Å². The van der Waals surface area contributed by atoms with Crippen LogP contribution in [0.15, 0.2) is 46.3 Å². The van der Waals surface area contributed by atoms with Gasteiger partial charge < -0.3 is 14.6 Å². The maximum atomic E-state index is 12.2. The minimum Gasteiger partial charge on any atom is -0.495 e. The SMILES string of the molecule is COc1ccc(Cl)cc1NC(=O)c1cc(-c2cccs2)on1. The summed E-state index contributed by atoms with van der Waals surface area (Å²) < 4.78 is 10.4. The van der Waals surface area contributed by atoms with Crippen LogP contribution >= 0.6 is 22.9 Å². The van der Waals surface area contributed by atoms with Crippen LogP contribution in [0.1, 0.15) is 10.5 Å². The zero-order chi connectivity index (χ0) is 15.5. The Morgan fingerprint density at radius 2 is 2.23 bits per heavy atom. The summed E-state index contributed by atoms with van der Waals surface area (Å²) in [6, 6.07) is 10.4. The van der Waals surface area contributed by atoms with E-state index in [2.05, 4.69) is 10.5 Å². The monoisotopic (exact) mass is 334 g/mol. The van der Waals surface area contributed by atoms with Crippen LogP contribution in [0.5, 0.6) is 5.75 Å². The number of thiophene rings is 1. The molecule has 0 aliphatic rings. The van der Waals surface area contributed by atoms with Gasteiger partial charge in [0.15, 0.2) is 11.5 Å². The van der Waals surface area contributed by atoms with E-state index in [4.69, 9.17) is 20.9 Å². The van der Waals surface area contributed by atoms with Gasteiger partial charge in [0.1, 0.15) is 5.75 Å². The van der Waals surface area contributed by atoms with E-state index in [0.717, 1.165) is 4.88 Å². The van der Waals surface area contributed by atoms with Crippen LogP contribution in [0.3, 0.4) is 0 Å². The number of halogens is 1. The van der Waals surface area contributed by atoms with E-state index in [-0.39, 0.29) is 5.69 Å². The highest BCUT2D eigenvalue weighted by molar-refractivity contribution is 7.13. The van der Waals surface area contributed by atoms with Crippen LogP contribution in [-0.2, 0) is 0 Å². The van der Waals surface area contributed by atoms with Crippen molar-refractivity contribution in [1.29, 1.82) is 0 Å². The zero-order valence-electron chi connectivity index (χ0n) is 11.5. The Morgan fingerprint density at radius 1 is 1.36 bits per heavy atom. The minimum atomic E-state index is -0.396. The minimum absolute atomic E-state index is 0.186. The number of hydrogen-bond donors (Lipinski definition) is 1. The van der Waals surface area contributed by atoms with Gasteiger partial charge in [-0.25, -0.2) is 0 Å². The molecule has 3 rings (SSSR count). The Labute approximate surface area is 135 Å². The van der Waals surface area contributed by atoms with Crippen LogP contribution in [0.4, 0.5) is 5.69 Å². The third-order valence-electron chi connectivity index (χ3n) is 2.92. The Morgan fingerprint density at radius 3 is 2.95 bits per heavy atom. The number of carbonyl (C=O) groups excluding carboxylic acids is 1. The van der Waals surface area contributed by atoms with Gasteiger partial charge in [0, 0.05) is 11.1 Å². The second kappa shape index (κ2) is 6.21. The average molecular weight is 335 g/mol. The summed E-state index contributed by atoms with van der Waals surface area (Å²) in [6.07, 6.45) is 0. The Bertz CT molecular complexity index is 799.